The van der Waals surface area contributed by atoms with Crippen molar-refractivity contribution in [2.75, 3.05) is 18.1 Å². The Morgan fingerprint density at radius 3 is 2.64 bits per heavy atom. The molecule has 1 N–H and O–H groups in total. The van der Waals surface area contributed by atoms with Crippen LogP contribution in [-0.4, -0.2) is 61.9 Å². The van der Waals surface area contributed by atoms with E-state index in [-0.39, 0.29) is 18.7 Å². The Morgan fingerprint density at radius 2 is 2.04 bits per heavy atom. The van der Waals surface area contributed by atoms with Crippen molar-refractivity contribution in [3.63, 3.8) is 0 Å². The molecule has 1 aliphatic rings. The van der Waals surface area contributed by atoms with E-state index in [2.05, 4.69) is 5.10 Å². The van der Waals surface area contributed by atoms with Crippen LogP contribution in [0.2, 0.25) is 0 Å². The summed E-state index contributed by atoms with van der Waals surface area (Å²) < 4.78 is 38.6. The second-order valence-electron chi connectivity index (χ2n) is 6.01. The van der Waals surface area contributed by atoms with Crippen LogP contribution in [-0.2, 0) is 22.6 Å². The zero-order valence-electron chi connectivity index (χ0n) is 14.0. The monoisotopic (exact) mass is 379 g/mol. The Morgan fingerprint density at radius 1 is 1.36 bits per heavy atom. The molecule has 2 heterocycles. The second kappa shape index (κ2) is 7.67. The van der Waals surface area contributed by atoms with E-state index in [0.29, 0.717) is 35.0 Å². The standard InChI is InChI=1S/C15H20F3N3O3S/c1-9-12(10(2)21(19-9)8-15(16,17)18)6-13(22)20-3-4-25-7-11(20)5-14(23)24/h11H,3-8H2,1-2H3,(H,23,24). The lowest BCUT2D eigenvalue weighted by molar-refractivity contribution is -0.143. The van der Waals surface area contributed by atoms with Crippen molar-refractivity contribution in [2.45, 2.75) is 45.5 Å². The van der Waals surface area contributed by atoms with Crippen LogP contribution in [0, 0.1) is 13.8 Å². The average molecular weight is 379 g/mol. The summed E-state index contributed by atoms with van der Waals surface area (Å²) in [7, 11) is 0. The maximum atomic E-state index is 12.6. The summed E-state index contributed by atoms with van der Waals surface area (Å²) in [5, 5.41) is 12.9. The Balaban J connectivity index is 2.15. The van der Waals surface area contributed by atoms with Crippen LogP contribution in [0.25, 0.3) is 0 Å². The van der Waals surface area contributed by atoms with Gasteiger partial charge in [0, 0.05) is 29.3 Å². The van der Waals surface area contributed by atoms with Crippen LogP contribution in [0.4, 0.5) is 13.2 Å². The molecule has 0 radical (unpaired) electrons. The van der Waals surface area contributed by atoms with Crippen LogP contribution < -0.4 is 0 Å². The number of carboxylic acids is 1. The molecule has 1 unspecified atom stereocenters. The van der Waals surface area contributed by atoms with Gasteiger partial charge in [-0.1, -0.05) is 0 Å². The van der Waals surface area contributed by atoms with Crippen LogP contribution in [0.1, 0.15) is 23.4 Å². The number of nitrogens with zero attached hydrogens (tertiary/aromatic N) is 3. The third-order valence-corrected chi connectivity index (χ3v) is 5.24. The molecule has 6 nitrogen and oxygen atoms in total. The van der Waals surface area contributed by atoms with Crippen LogP contribution in [0.3, 0.4) is 0 Å². The van der Waals surface area contributed by atoms with Gasteiger partial charge < -0.3 is 10.0 Å². The number of thioether (sulfide) groups is 1. The molecule has 0 aliphatic carbocycles. The minimum absolute atomic E-state index is 0.0731. The lowest BCUT2D eigenvalue weighted by Gasteiger charge is -2.34. The molecule has 10 heteroatoms. The molecule has 2 rings (SSSR count). The fourth-order valence-corrected chi connectivity index (χ4v) is 3.98. The zero-order valence-corrected chi connectivity index (χ0v) is 14.8. The molecule has 0 spiro atoms. The number of aliphatic carboxylic acids is 1. The highest BCUT2D eigenvalue weighted by Gasteiger charge is 2.32. The van der Waals surface area contributed by atoms with Gasteiger partial charge in [0.15, 0.2) is 0 Å². The number of carboxylic acid groups (broad SMARTS) is 1. The Hall–Kier alpha value is -1.71. The molecule has 0 aromatic carbocycles. The molecule has 1 saturated heterocycles. The lowest BCUT2D eigenvalue weighted by Crippen LogP contribution is -2.47. The van der Waals surface area contributed by atoms with Gasteiger partial charge in [-0.2, -0.15) is 30.0 Å². The summed E-state index contributed by atoms with van der Waals surface area (Å²) in [6.45, 7) is 2.32. The van der Waals surface area contributed by atoms with E-state index in [0.717, 1.165) is 4.68 Å². The van der Waals surface area contributed by atoms with E-state index in [9.17, 15) is 22.8 Å². The van der Waals surface area contributed by atoms with E-state index in [1.54, 1.807) is 18.7 Å². The molecule has 0 bridgehead atoms. The fraction of sp³-hybridized carbons (Fsp3) is 0.667. The van der Waals surface area contributed by atoms with Crippen molar-refractivity contribution in [2.24, 2.45) is 0 Å². The summed E-state index contributed by atoms with van der Waals surface area (Å²) in [5.74, 6) is 0.0104. The first-order chi connectivity index (χ1) is 11.6. The number of carbonyl (C=O) groups excluding carboxylic acids is 1. The first-order valence-corrected chi connectivity index (χ1v) is 8.92. The molecule has 25 heavy (non-hydrogen) atoms. The van der Waals surface area contributed by atoms with Gasteiger partial charge in [-0.05, 0) is 13.8 Å². The number of halogens is 3. The number of amides is 1. The molecule has 1 amide bonds. The predicted octanol–water partition coefficient (Wildman–Crippen LogP) is 2.02. The van der Waals surface area contributed by atoms with Crippen molar-refractivity contribution in [3.05, 3.63) is 17.0 Å². The molecule has 1 aromatic rings. The van der Waals surface area contributed by atoms with E-state index in [4.69, 9.17) is 5.11 Å². The minimum Gasteiger partial charge on any atom is -0.481 e. The van der Waals surface area contributed by atoms with Gasteiger partial charge >= 0.3 is 12.1 Å². The highest BCUT2D eigenvalue weighted by Crippen LogP contribution is 2.24. The number of hydrogen-bond donors (Lipinski definition) is 1. The van der Waals surface area contributed by atoms with E-state index in [1.807, 2.05) is 0 Å². The molecular weight excluding hydrogens is 359 g/mol. The summed E-state index contributed by atoms with van der Waals surface area (Å²) in [5.41, 5.74) is 1.17. The Labute approximate surface area is 147 Å². The topological polar surface area (TPSA) is 75.4 Å². The number of alkyl halides is 3. The highest BCUT2D eigenvalue weighted by molar-refractivity contribution is 7.99. The largest absolute Gasteiger partial charge is 0.481 e. The number of aromatic nitrogens is 2. The SMILES string of the molecule is Cc1nn(CC(F)(F)F)c(C)c1CC(=O)N1CCSCC1CC(=O)O. The van der Waals surface area contributed by atoms with Gasteiger partial charge in [0.25, 0.3) is 0 Å². The highest BCUT2D eigenvalue weighted by atomic mass is 32.2. The van der Waals surface area contributed by atoms with Crippen LogP contribution >= 0.6 is 11.8 Å². The number of hydrogen-bond acceptors (Lipinski definition) is 4. The fourth-order valence-electron chi connectivity index (χ4n) is 2.92. The summed E-state index contributed by atoms with van der Waals surface area (Å²) in [4.78, 5) is 25.1. The lowest BCUT2D eigenvalue weighted by atomic mass is 10.1. The molecule has 1 atom stereocenters. The summed E-state index contributed by atoms with van der Waals surface area (Å²) in [6.07, 6.45) is -4.60. The van der Waals surface area contributed by atoms with Crippen molar-refractivity contribution in [3.8, 4) is 0 Å². The second-order valence-corrected chi connectivity index (χ2v) is 7.16. The first-order valence-electron chi connectivity index (χ1n) is 7.77. The maximum absolute atomic E-state index is 12.6. The summed E-state index contributed by atoms with van der Waals surface area (Å²) >= 11 is 1.59. The normalized spacial score (nSPS) is 18.4. The molecule has 1 fully saturated rings. The van der Waals surface area contributed by atoms with E-state index < -0.39 is 24.7 Å². The number of aryl methyl sites for hydroxylation is 1. The van der Waals surface area contributed by atoms with Gasteiger partial charge in [0.05, 0.1) is 24.6 Å². The number of carbonyl (C=O) groups is 2. The van der Waals surface area contributed by atoms with Gasteiger partial charge in [0.2, 0.25) is 5.91 Å². The Bertz CT molecular complexity index is 660. The van der Waals surface area contributed by atoms with Gasteiger partial charge in [-0.3, -0.25) is 14.3 Å². The van der Waals surface area contributed by atoms with Crippen molar-refractivity contribution in [1.82, 2.24) is 14.7 Å². The molecule has 1 aliphatic heterocycles. The van der Waals surface area contributed by atoms with Gasteiger partial charge in [0.1, 0.15) is 6.54 Å². The van der Waals surface area contributed by atoms with Gasteiger partial charge in [-0.25, -0.2) is 0 Å². The smallest absolute Gasteiger partial charge is 0.408 e. The minimum atomic E-state index is -4.39. The molecule has 1 aromatic heterocycles. The molecular formula is C15H20F3N3O3S. The maximum Gasteiger partial charge on any atom is 0.408 e. The summed E-state index contributed by atoms with van der Waals surface area (Å²) in [6, 6.07) is -0.394. The average Bonchev–Trinajstić information content (AvgIpc) is 2.73. The molecule has 140 valence electrons. The van der Waals surface area contributed by atoms with Crippen LogP contribution in [0.15, 0.2) is 0 Å². The van der Waals surface area contributed by atoms with Crippen LogP contribution in [0.5, 0.6) is 0 Å². The quantitative estimate of drug-likeness (QED) is 0.847. The zero-order chi connectivity index (χ0) is 18.8. The first kappa shape index (κ1) is 19.6. The van der Waals surface area contributed by atoms with E-state index >= 15 is 0 Å². The van der Waals surface area contributed by atoms with Gasteiger partial charge in [-0.15, -0.1) is 0 Å². The van der Waals surface area contributed by atoms with Crippen molar-refractivity contribution >= 4 is 23.6 Å². The number of rotatable bonds is 5. The van der Waals surface area contributed by atoms with Crippen molar-refractivity contribution in [1.29, 1.82) is 0 Å². The van der Waals surface area contributed by atoms with Crippen molar-refractivity contribution < 1.29 is 27.9 Å². The third kappa shape index (κ3) is 5.13. The third-order valence-electron chi connectivity index (χ3n) is 4.15. The molecule has 0 saturated carbocycles. The predicted molar refractivity (Wildman–Crippen MR) is 86.5 cm³/mol. The Kier molecular flexibility index (Phi) is 6.02. The van der Waals surface area contributed by atoms with E-state index in [1.165, 1.54) is 11.8 Å².